The van der Waals surface area contributed by atoms with Crippen LogP contribution in [-0.2, 0) is 14.8 Å². The quantitative estimate of drug-likeness (QED) is 0.739. The number of carbonyl (C=O) groups is 2. The molecule has 1 aliphatic heterocycles. The summed E-state index contributed by atoms with van der Waals surface area (Å²) in [5.74, 6) is -1.67. The molecule has 0 saturated carbocycles. The van der Waals surface area contributed by atoms with Crippen LogP contribution in [0.15, 0.2) is 41.8 Å². The molecule has 0 aliphatic carbocycles. The molecule has 0 bridgehead atoms. The molecule has 1 heterocycles. The van der Waals surface area contributed by atoms with Gasteiger partial charge in [-0.1, -0.05) is 13.0 Å². The number of rotatable bonds is 6. The minimum absolute atomic E-state index is 0.0568. The van der Waals surface area contributed by atoms with Crippen molar-refractivity contribution in [3.05, 3.63) is 42.5 Å². The number of aliphatic carboxylic acids is 1. The van der Waals surface area contributed by atoms with Gasteiger partial charge in [-0.3, -0.25) is 9.59 Å². The molecular formula is C17H22N2O5S. The highest BCUT2D eigenvalue weighted by atomic mass is 32.2. The summed E-state index contributed by atoms with van der Waals surface area (Å²) in [5, 5.41) is 9.20. The maximum Gasteiger partial charge on any atom is 0.308 e. The number of hydrogen-bond acceptors (Lipinski definition) is 4. The van der Waals surface area contributed by atoms with Gasteiger partial charge in [0, 0.05) is 25.2 Å². The van der Waals surface area contributed by atoms with Gasteiger partial charge in [0.25, 0.3) is 5.91 Å². The predicted octanol–water partition coefficient (Wildman–Crippen LogP) is 1.33. The fourth-order valence-corrected chi connectivity index (χ4v) is 3.91. The summed E-state index contributed by atoms with van der Waals surface area (Å²) in [7, 11) is -3.64. The van der Waals surface area contributed by atoms with Crippen LogP contribution < -0.4 is 4.72 Å². The highest BCUT2D eigenvalue weighted by Gasteiger charge is 2.32. The average Bonchev–Trinajstić information content (AvgIpc) is 2.59. The minimum Gasteiger partial charge on any atom is -0.481 e. The van der Waals surface area contributed by atoms with E-state index in [1.807, 2.05) is 6.92 Å². The number of carboxylic acids is 1. The Morgan fingerprint density at radius 1 is 1.32 bits per heavy atom. The summed E-state index contributed by atoms with van der Waals surface area (Å²) in [6, 6.07) is 5.61. The van der Waals surface area contributed by atoms with Gasteiger partial charge in [-0.05, 0) is 36.6 Å². The Labute approximate surface area is 147 Å². The highest BCUT2D eigenvalue weighted by molar-refractivity contribution is 7.89. The number of carboxylic acid groups (broad SMARTS) is 1. The van der Waals surface area contributed by atoms with Gasteiger partial charge < -0.3 is 10.0 Å². The second kappa shape index (κ2) is 7.79. The Morgan fingerprint density at radius 2 is 1.96 bits per heavy atom. The van der Waals surface area contributed by atoms with Crippen LogP contribution >= 0.6 is 0 Å². The lowest BCUT2D eigenvalue weighted by atomic mass is 9.90. The van der Waals surface area contributed by atoms with Crippen molar-refractivity contribution >= 4 is 21.9 Å². The van der Waals surface area contributed by atoms with Crippen molar-refractivity contribution in [3.63, 3.8) is 0 Å². The molecule has 2 rings (SSSR count). The zero-order valence-corrected chi connectivity index (χ0v) is 14.8. The van der Waals surface area contributed by atoms with E-state index in [0.29, 0.717) is 18.5 Å². The number of nitrogens with one attached hydrogen (secondary N) is 1. The van der Waals surface area contributed by atoms with E-state index < -0.39 is 21.9 Å². The third kappa shape index (κ3) is 4.67. The highest BCUT2D eigenvalue weighted by Crippen LogP contribution is 2.23. The topological polar surface area (TPSA) is 104 Å². The van der Waals surface area contributed by atoms with Gasteiger partial charge in [0.1, 0.15) is 0 Å². The fraction of sp³-hybridized carbons (Fsp3) is 0.412. The lowest BCUT2D eigenvalue weighted by Gasteiger charge is -2.34. The smallest absolute Gasteiger partial charge is 0.308 e. The molecule has 1 aliphatic rings. The second-order valence-corrected chi connectivity index (χ2v) is 8.02. The van der Waals surface area contributed by atoms with Crippen molar-refractivity contribution in [2.45, 2.75) is 18.2 Å². The van der Waals surface area contributed by atoms with Crippen LogP contribution in [0.1, 0.15) is 23.7 Å². The zero-order chi connectivity index (χ0) is 18.6. The summed E-state index contributed by atoms with van der Waals surface area (Å²) in [6.07, 6.45) is 1.98. The van der Waals surface area contributed by atoms with Gasteiger partial charge in [-0.15, -0.1) is 6.58 Å². The molecule has 1 aromatic rings. The van der Waals surface area contributed by atoms with Gasteiger partial charge in [0.2, 0.25) is 10.0 Å². The zero-order valence-electron chi connectivity index (χ0n) is 14.0. The van der Waals surface area contributed by atoms with Crippen LogP contribution in [-0.4, -0.2) is 49.9 Å². The molecule has 25 heavy (non-hydrogen) atoms. The number of nitrogens with zero attached hydrogens (tertiary/aromatic N) is 1. The molecule has 1 fully saturated rings. The molecule has 0 spiro atoms. The van der Waals surface area contributed by atoms with Crippen molar-refractivity contribution in [2.24, 2.45) is 11.8 Å². The number of benzene rings is 1. The molecule has 0 radical (unpaired) electrons. The monoisotopic (exact) mass is 366 g/mol. The third-order valence-corrected chi connectivity index (χ3v) is 5.56. The van der Waals surface area contributed by atoms with E-state index in [0.717, 1.165) is 0 Å². The van der Waals surface area contributed by atoms with Crippen LogP contribution in [0.2, 0.25) is 0 Å². The molecule has 2 N–H and O–H groups in total. The molecule has 8 heteroatoms. The van der Waals surface area contributed by atoms with Crippen molar-refractivity contribution in [3.8, 4) is 0 Å². The van der Waals surface area contributed by atoms with Crippen LogP contribution in [0.3, 0.4) is 0 Å². The van der Waals surface area contributed by atoms with Crippen molar-refractivity contribution in [1.29, 1.82) is 0 Å². The maximum absolute atomic E-state index is 12.6. The first-order chi connectivity index (χ1) is 11.7. The van der Waals surface area contributed by atoms with Crippen molar-refractivity contribution in [1.82, 2.24) is 9.62 Å². The molecule has 1 amide bonds. The first kappa shape index (κ1) is 19.1. The van der Waals surface area contributed by atoms with E-state index in [1.54, 1.807) is 0 Å². The van der Waals surface area contributed by atoms with Crippen LogP contribution in [0.4, 0.5) is 0 Å². The third-order valence-electron chi connectivity index (χ3n) is 4.13. The van der Waals surface area contributed by atoms with Gasteiger partial charge >= 0.3 is 5.97 Å². The number of piperidine rings is 1. The van der Waals surface area contributed by atoms with Crippen LogP contribution in [0.5, 0.6) is 0 Å². The van der Waals surface area contributed by atoms with E-state index in [9.17, 15) is 23.1 Å². The van der Waals surface area contributed by atoms with Gasteiger partial charge in [0.15, 0.2) is 0 Å². The maximum atomic E-state index is 12.6. The molecule has 1 saturated heterocycles. The number of carbonyl (C=O) groups excluding carboxylic acids is 1. The summed E-state index contributed by atoms with van der Waals surface area (Å²) in [6.45, 7) is 6.14. The number of sulfonamides is 1. The molecular weight excluding hydrogens is 344 g/mol. The lowest BCUT2D eigenvalue weighted by molar-refractivity contribution is -0.143. The Bertz CT molecular complexity index is 758. The molecule has 7 nitrogen and oxygen atoms in total. The summed E-state index contributed by atoms with van der Waals surface area (Å²) in [5.41, 5.74) is 0.334. The number of hydrogen-bond donors (Lipinski definition) is 2. The van der Waals surface area contributed by atoms with E-state index in [4.69, 9.17) is 0 Å². The largest absolute Gasteiger partial charge is 0.481 e. The van der Waals surface area contributed by atoms with Crippen LogP contribution in [0, 0.1) is 11.8 Å². The summed E-state index contributed by atoms with van der Waals surface area (Å²) >= 11 is 0. The Balaban J connectivity index is 2.15. The fourth-order valence-electron chi connectivity index (χ4n) is 2.91. The minimum atomic E-state index is -3.64. The molecule has 1 aromatic carbocycles. The van der Waals surface area contributed by atoms with Gasteiger partial charge in [-0.2, -0.15) is 0 Å². The SMILES string of the molecule is C=CCNS(=O)(=O)c1ccc(C(=O)N2CC(C)CC(C(=O)O)C2)cc1. The standard InChI is InChI=1S/C17H22N2O5S/c1-3-8-18-25(23,24)15-6-4-13(5-7-15)16(20)19-10-12(2)9-14(11-19)17(21)22/h3-7,12,14,18H,1,8-11H2,2H3,(H,21,22). The Kier molecular flexibility index (Phi) is 5.97. The van der Waals surface area contributed by atoms with E-state index >= 15 is 0 Å². The molecule has 2 unspecified atom stereocenters. The summed E-state index contributed by atoms with van der Waals surface area (Å²) < 4.78 is 26.4. The lowest BCUT2D eigenvalue weighted by Crippen LogP contribution is -2.45. The first-order valence-electron chi connectivity index (χ1n) is 7.97. The average molecular weight is 366 g/mol. The normalized spacial score (nSPS) is 20.9. The Morgan fingerprint density at radius 3 is 2.52 bits per heavy atom. The van der Waals surface area contributed by atoms with E-state index in [-0.39, 0.29) is 29.8 Å². The van der Waals surface area contributed by atoms with E-state index in [1.165, 1.54) is 35.2 Å². The summed E-state index contributed by atoms with van der Waals surface area (Å²) in [4.78, 5) is 25.4. The predicted molar refractivity (Wildman–Crippen MR) is 92.6 cm³/mol. The molecule has 2 atom stereocenters. The van der Waals surface area contributed by atoms with Crippen molar-refractivity contribution in [2.75, 3.05) is 19.6 Å². The number of amides is 1. The molecule has 0 aromatic heterocycles. The second-order valence-electron chi connectivity index (χ2n) is 6.25. The van der Waals surface area contributed by atoms with Crippen LogP contribution in [0.25, 0.3) is 0 Å². The Hall–Kier alpha value is -2.19. The molecule has 136 valence electrons. The van der Waals surface area contributed by atoms with Crippen molar-refractivity contribution < 1.29 is 23.1 Å². The number of likely N-dealkylation sites (tertiary alicyclic amines) is 1. The van der Waals surface area contributed by atoms with Gasteiger partial charge in [0.05, 0.1) is 10.8 Å². The van der Waals surface area contributed by atoms with E-state index in [2.05, 4.69) is 11.3 Å². The first-order valence-corrected chi connectivity index (χ1v) is 9.45. The van der Waals surface area contributed by atoms with Gasteiger partial charge in [-0.25, -0.2) is 13.1 Å².